The molecule has 0 saturated carbocycles. The van der Waals surface area contributed by atoms with Gasteiger partial charge in [0.05, 0.1) is 18.6 Å². The van der Waals surface area contributed by atoms with Crippen LogP contribution in [0.2, 0.25) is 0 Å². The molecule has 118 valence electrons. The summed E-state index contributed by atoms with van der Waals surface area (Å²) >= 11 is 0. The monoisotopic (exact) mass is 302 g/mol. The summed E-state index contributed by atoms with van der Waals surface area (Å²) in [4.78, 5) is 12.7. The molecule has 1 N–H and O–H groups in total. The van der Waals surface area contributed by atoms with Crippen LogP contribution in [0.3, 0.4) is 0 Å². The van der Waals surface area contributed by atoms with Crippen molar-refractivity contribution in [3.63, 3.8) is 0 Å². The lowest BCUT2D eigenvalue weighted by molar-refractivity contribution is -0.122. The van der Waals surface area contributed by atoms with Gasteiger partial charge in [-0.25, -0.2) is 15.0 Å². The number of hydrogen-bond acceptors (Lipinski definition) is 6. The van der Waals surface area contributed by atoms with Gasteiger partial charge in [0.15, 0.2) is 11.9 Å². The summed E-state index contributed by atoms with van der Waals surface area (Å²) in [7, 11) is 0. The van der Waals surface area contributed by atoms with E-state index in [0.29, 0.717) is 18.9 Å². The average molecular weight is 302 g/mol. The van der Waals surface area contributed by atoms with Crippen molar-refractivity contribution in [2.24, 2.45) is 5.41 Å². The molecule has 0 unspecified atom stereocenters. The van der Waals surface area contributed by atoms with Crippen molar-refractivity contribution in [2.45, 2.75) is 33.0 Å². The van der Waals surface area contributed by atoms with Gasteiger partial charge in [-0.05, 0) is 25.0 Å². The van der Waals surface area contributed by atoms with Gasteiger partial charge in [-0.3, -0.25) is 0 Å². The van der Waals surface area contributed by atoms with E-state index in [1.807, 2.05) is 12.1 Å². The molecule has 3 heterocycles. The molecule has 0 spiro atoms. The minimum absolute atomic E-state index is 0.0213. The van der Waals surface area contributed by atoms with Gasteiger partial charge in [-0.1, -0.05) is 13.8 Å². The number of pyridine rings is 1. The van der Waals surface area contributed by atoms with Gasteiger partial charge in [-0.2, -0.15) is 0 Å². The maximum atomic E-state index is 5.62. The fourth-order valence-electron chi connectivity index (χ4n) is 2.71. The third-order valence-corrected chi connectivity index (χ3v) is 3.96. The maximum Gasteiger partial charge on any atom is 0.164 e. The molecule has 6 nitrogen and oxygen atoms in total. The quantitative estimate of drug-likeness (QED) is 0.827. The van der Waals surface area contributed by atoms with E-state index in [-0.39, 0.29) is 11.7 Å². The number of ether oxygens (including phenoxy) is 2. The van der Waals surface area contributed by atoms with Crippen molar-refractivity contribution in [1.29, 1.82) is 0 Å². The van der Waals surface area contributed by atoms with Crippen molar-refractivity contribution in [2.75, 3.05) is 25.1 Å². The summed E-state index contributed by atoms with van der Waals surface area (Å²) in [5.74, 6) is 0.837. The summed E-state index contributed by atoms with van der Waals surface area (Å²) in [5, 5.41) is 4.33. The Hall–Kier alpha value is -1.79. The average Bonchev–Trinajstić information content (AvgIpc) is 3.07. The second kappa shape index (κ2) is 6.54. The molecule has 0 aliphatic carbocycles. The molecule has 2 aromatic heterocycles. The largest absolute Gasteiger partial charge is 0.369 e. The Morgan fingerprint density at radius 2 is 2.05 bits per heavy atom. The molecule has 3 rings (SSSR count). The van der Waals surface area contributed by atoms with E-state index in [0.717, 1.165) is 30.6 Å². The molecule has 2 aromatic rings. The predicted octanol–water partition coefficient (Wildman–Crippen LogP) is 2.62. The lowest BCUT2D eigenvalue weighted by atomic mass is 9.87. The Kier molecular flexibility index (Phi) is 4.49. The second-order valence-electron chi connectivity index (χ2n) is 6.19. The first-order valence-electron chi connectivity index (χ1n) is 7.70. The smallest absolute Gasteiger partial charge is 0.164 e. The summed E-state index contributed by atoms with van der Waals surface area (Å²) in [5.41, 5.74) is 0.737. The SMILES string of the molecule is CC(C)(CCCNc1ncnc2ncccc12)C1OCCO1. The van der Waals surface area contributed by atoms with Crippen molar-refractivity contribution in [3.05, 3.63) is 24.7 Å². The Bertz CT molecular complexity index is 621. The normalized spacial score (nSPS) is 16.3. The fraction of sp³-hybridized carbons (Fsp3) is 0.562. The van der Waals surface area contributed by atoms with Crippen LogP contribution in [0.15, 0.2) is 24.7 Å². The van der Waals surface area contributed by atoms with Gasteiger partial charge in [0.25, 0.3) is 0 Å². The number of rotatable bonds is 6. The molecular formula is C16H22N4O2. The van der Waals surface area contributed by atoms with Crippen LogP contribution in [0.5, 0.6) is 0 Å². The summed E-state index contributed by atoms with van der Waals surface area (Å²) in [6, 6.07) is 3.88. The van der Waals surface area contributed by atoms with E-state index < -0.39 is 0 Å². The summed E-state index contributed by atoms with van der Waals surface area (Å²) in [6.07, 6.45) is 5.23. The van der Waals surface area contributed by atoms with Crippen LogP contribution in [0, 0.1) is 5.41 Å². The number of nitrogens with zero attached hydrogens (tertiary/aromatic N) is 3. The zero-order chi connectivity index (χ0) is 15.4. The predicted molar refractivity (Wildman–Crippen MR) is 84.5 cm³/mol. The van der Waals surface area contributed by atoms with Crippen molar-refractivity contribution >= 4 is 16.9 Å². The summed E-state index contributed by atoms with van der Waals surface area (Å²) in [6.45, 7) is 6.62. The molecule has 1 fully saturated rings. The van der Waals surface area contributed by atoms with E-state index in [2.05, 4.69) is 34.1 Å². The lowest BCUT2D eigenvalue weighted by Crippen LogP contribution is -2.30. The van der Waals surface area contributed by atoms with E-state index in [4.69, 9.17) is 9.47 Å². The first-order chi connectivity index (χ1) is 10.7. The van der Waals surface area contributed by atoms with Crippen molar-refractivity contribution < 1.29 is 9.47 Å². The first-order valence-corrected chi connectivity index (χ1v) is 7.70. The van der Waals surface area contributed by atoms with Crippen LogP contribution in [0.4, 0.5) is 5.82 Å². The van der Waals surface area contributed by atoms with E-state index in [9.17, 15) is 0 Å². The number of aromatic nitrogens is 3. The zero-order valence-corrected chi connectivity index (χ0v) is 13.1. The molecule has 22 heavy (non-hydrogen) atoms. The molecule has 0 bridgehead atoms. The van der Waals surface area contributed by atoms with Crippen molar-refractivity contribution in [1.82, 2.24) is 15.0 Å². The number of hydrogen-bond donors (Lipinski definition) is 1. The molecular weight excluding hydrogens is 280 g/mol. The Morgan fingerprint density at radius 1 is 1.23 bits per heavy atom. The van der Waals surface area contributed by atoms with Gasteiger partial charge in [-0.15, -0.1) is 0 Å². The Balaban J connectivity index is 1.54. The number of fused-ring (bicyclic) bond motifs is 1. The minimum Gasteiger partial charge on any atom is -0.369 e. The first kappa shape index (κ1) is 15.1. The molecule has 0 aromatic carbocycles. The third-order valence-electron chi connectivity index (χ3n) is 3.96. The topological polar surface area (TPSA) is 69.2 Å². The molecule has 6 heteroatoms. The van der Waals surface area contributed by atoms with Crippen LogP contribution < -0.4 is 5.32 Å². The molecule has 0 atom stereocenters. The van der Waals surface area contributed by atoms with Gasteiger partial charge >= 0.3 is 0 Å². The number of anilines is 1. The minimum atomic E-state index is -0.0865. The maximum absolute atomic E-state index is 5.62. The van der Waals surface area contributed by atoms with E-state index in [1.54, 1.807) is 12.5 Å². The molecule has 1 aliphatic rings. The van der Waals surface area contributed by atoms with E-state index >= 15 is 0 Å². The fourth-order valence-corrected chi connectivity index (χ4v) is 2.71. The lowest BCUT2D eigenvalue weighted by Gasteiger charge is -2.29. The van der Waals surface area contributed by atoms with Gasteiger partial charge in [0.1, 0.15) is 12.1 Å². The highest BCUT2D eigenvalue weighted by Gasteiger charge is 2.33. The van der Waals surface area contributed by atoms with Gasteiger partial charge in [0, 0.05) is 18.2 Å². The van der Waals surface area contributed by atoms with E-state index in [1.165, 1.54) is 0 Å². The second-order valence-corrected chi connectivity index (χ2v) is 6.19. The molecule has 0 radical (unpaired) electrons. The van der Waals surface area contributed by atoms with Crippen LogP contribution in [0.1, 0.15) is 26.7 Å². The highest BCUT2D eigenvalue weighted by atomic mass is 16.7. The standard InChI is InChI=1S/C16H22N4O2/c1-16(2,15-21-9-10-22-15)6-4-8-18-14-12-5-3-7-17-13(12)19-11-20-14/h3,5,7,11,15H,4,6,8-10H2,1-2H3,(H,17,18,19,20). The molecule has 0 amide bonds. The Labute approximate surface area is 130 Å². The highest BCUT2D eigenvalue weighted by Crippen LogP contribution is 2.32. The van der Waals surface area contributed by atoms with Crippen molar-refractivity contribution in [3.8, 4) is 0 Å². The van der Waals surface area contributed by atoms with Gasteiger partial charge in [0.2, 0.25) is 0 Å². The molecule has 1 aliphatic heterocycles. The highest BCUT2D eigenvalue weighted by molar-refractivity contribution is 5.85. The zero-order valence-electron chi connectivity index (χ0n) is 13.1. The Morgan fingerprint density at radius 3 is 2.86 bits per heavy atom. The van der Waals surface area contributed by atoms with Crippen LogP contribution in [-0.4, -0.2) is 41.0 Å². The molecule has 1 saturated heterocycles. The summed E-state index contributed by atoms with van der Waals surface area (Å²) < 4.78 is 11.2. The van der Waals surface area contributed by atoms with Crippen LogP contribution in [-0.2, 0) is 9.47 Å². The number of nitrogens with one attached hydrogen (secondary N) is 1. The third kappa shape index (κ3) is 3.34. The van der Waals surface area contributed by atoms with Gasteiger partial charge < -0.3 is 14.8 Å². The van der Waals surface area contributed by atoms with Crippen LogP contribution >= 0.6 is 0 Å². The van der Waals surface area contributed by atoms with Crippen LogP contribution in [0.25, 0.3) is 11.0 Å².